The van der Waals surface area contributed by atoms with Crippen LogP contribution in [-0.2, 0) is 6.67 Å². The zero-order valence-corrected chi connectivity index (χ0v) is 7.41. The van der Waals surface area contributed by atoms with Crippen molar-refractivity contribution in [3.8, 4) is 0 Å². The van der Waals surface area contributed by atoms with Gasteiger partial charge in [-0.15, -0.1) is 0 Å². The van der Waals surface area contributed by atoms with Crippen molar-refractivity contribution in [3.63, 3.8) is 0 Å². The number of hydrogen-bond donors (Lipinski definition) is 0. The predicted octanol–water partition coefficient (Wildman–Crippen LogP) is 3.57. The highest BCUT2D eigenvalue weighted by molar-refractivity contribution is 9.10. The van der Waals surface area contributed by atoms with Crippen molar-refractivity contribution in [2.45, 2.75) is 6.67 Å². The molecule has 0 spiro atoms. The molecule has 0 atom stereocenters. The molecule has 10 heavy (non-hydrogen) atoms. The second-order valence-corrected chi connectivity index (χ2v) is 3.14. The molecule has 0 saturated carbocycles. The van der Waals surface area contributed by atoms with Gasteiger partial charge in [-0.2, -0.15) is 0 Å². The van der Waals surface area contributed by atoms with E-state index in [1.807, 2.05) is 0 Å². The van der Waals surface area contributed by atoms with E-state index in [1.54, 1.807) is 18.2 Å². The molecule has 0 fully saturated rings. The zero-order chi connectivity index (χ0) is 7.56. The highest BCUT2D eigenvalue weighted by Gasteiger charge is 1.96. The van der Waals surface area contributed by atoms with Crippen LogP contribution in [0.1, 0.15) is 5.56 Å². The highest BCUT2D eigenvalue weighted by atomic mass is 79.9. The first-order valence-corrected chi connectivity index (χ1v) is 3.91. The Hall–Kier alpha value is -0.0800. The van der Waals surface area contributed by atoms with Crippen molar-refractivity contribution in [2.24, 2.45) is 0 Å². The summed E-state index contributed by atoms with van der Waals surface area (Å²) in [6.07, 6.45) is 0. The first kappa shape index (κ1) is 8.02. The van der Waals surface area contributed by atoms with E-state index in [9.17, 15) is 4.39 Å². The molecule has 0 aromatic heterocycles. The summed E-state index contributed by atoms with van der Waals surface area (Å²) in [7, 11) is 0. The largest absolute Gasteiger partial charge is 0.246 e. The van der Waals surface area contributed by atoms with Gasteiger partial charge in [0.15, 0.2) is 0 Å². The molecule has 0 aliphatic carbocycles. The van der Waals surface area contributed by atoms with Crippen molar-refractivity contribution < 1.29 is 4.39 Å². The molecule has 0 saturated heterocycles. The molecule has 0 nitrogen and oxygen atoms in total. The fourth-order valence-electron chi connectivity index (χ4n) is 0.623. The summed E-state index contributed by atoms with van der Waals surface area (Å²) >= 11 is 8.88. The maximum absolute atomic E-state index is 12.0. The van der Waals surface area contributed by atoms with Gasteiger partial charge in [-0.1, -0.05) is 17.7 Å². The summed E-state index contributed by atoms with van der Waals surface area (Å²) in [5.41, 5.74) is 0.605. The first-order chi connectivity index (χ1) is 4.74. The van der Waals surface area contributed by atoms with Crippen molar-refractivity contribution in [1.29, 1.82) is 0 Å². The molecule has 1 rings (SSSR count). The number of rotatable bonds is 1. The van der Waals surface area contributed by atoms with E-state index in [-0.39, 0.29) is 0 Å². The molecular formula is C7H5BrClF. The molecule has 1 aromatic carbocycles. The fraction of sp³-hybridized carbons (Fsp3) is 0.143. The van der Waals surface area contributed by atoms with Gasteiger partial charge in [-0.25, -0.2) is 4.39 Å². The minimum Gasteiger partial charge on any atom is -0.246 e. The summed E-state index contributed by atoms with van der Waals surface area (Å²) in [5, 5.41) is 0.551. The zero-order valence-electron chi connectivity index (χ0n) is 5.07. The molecule has 1 aromatic rings. The smallest absolute Gasteiger partial charge is 0.115 e. The van der Waals surface area contributed by atoms with Gasteiger partial charge in [0, 0.05) is 4.47 Å². The summed E-state index contributed by atoms with van der Waals surface area (Å²) in [4.78, 5) is 0. The van der Waals surface area contributed by atoms with Gasteiger partial charge in [0.2, 0.25) is 0 Å². The van der Waals surface area contributed by atoms with Crippen molar-refractivity contribution in [1.82, 2.24) is 0 Å². The van der Waals surface area contributed by atoms with E-state index in [0.29, 0.717) is 10.6 Å². The summed E-state index contributed by atoms with van der Waals surface area (Å²) < 4.78 is 12.8. The number of alkyl halides is 1. The lowest BCUT2D eigenvalue weighted by atomic mass is 10.2. The average Bonchev–Trinajstić information content (AvgIpc) is 1.95. The molecule has 0 aliphatic rings. The quantitative estimate of drug-likeness (QED) is 0.683. The third kappa shape index (κ3) is 1.70. The van der Waals surface area contributed by atoms with Crippen LogP contribution in [0.15, 0.2) is 22.7 Å². The summed E-state index contributed by atoms with van der Waals surface area (Å²) in [5.74, 6) is 0. The van der Waals surface area contributed by atoms with Crippen molar-refractivity contribution >= 4 is 27.5 Å². The maximum Gasteiger partial charge on any atom is 0.115 e. The van der Waals surface area contributed by atoms with Gasteiger partial charge < -0.3 is 0 Å². The van der Waals surface area contributed by atoms with Crippen LogP contribution >= 0.6 is 27.5 Å². The van der Waals surface area contributed by atoms with Gasteiger partial charge in [0.25, 0.3) is 0 Å². The third-order valence-electron chi connectivity index (χ3n) is 1.14. The molecule has 0 aliphatic heterocycles. The van der Waals surface area contributed by atoms with Crippen LogP contribution in [0.2, 0.25) is 5.02 Å². The molecule has 0 amide bonds. The normalized spacial score (nSPS) is 9.90. The van der Waals surface area contributed by atoms with Crippen LogP contribution in [0.4, 0.5) is 4.39 Å². The van der Waals surface area contributed by atoms with Crippen molar-refractivity contribution in [2.75, 3.05) is 0 Å². The van der Waals surface area contributed by atoms with E-state index in [1.165, 1.54) is 0 Å². The Labute approximate surface area is 72.1 Å². The van der Waals surface area contributed by atoms with Crippen LogP contribution in [-0.4, -0.2) is 0 Å². The van der Waals surface area contributed by atoms with Crippen LogP contribution in [0.25, 0.3) is 0 Å². The van der Waals surface area contributed by atoms with Crippen LogP contribution in [0, 0.1) is 0 Å². The molecule has 0 heterocycles. The van der Waals surface area contributed by atoms with Crippen LogP contribution < -0.4 is 0 Å². The van der Waals surface area contributed by atoms with Gasteiger partial charge in [0.1, 0.15) is 6.67 Å². The van der Waals surface area contributed by atoms with Gasteiger partial charge in [-0.3, -0.25) is 0 Å². The van der Waals surface area contributed by atoms with E-state index in [0.717, 1.165) is 4.47 Å². The lowest BCUT2D eigenvalue weighted by Gasteiger charge is -1.96. The Morgan fingerprint density at radius 3 is 2.70 bits per heavy atom. The predicted molar refractivity (Wildman–Crippen MR) is 44.0 cm³/mol. The molecule has 0 bridgehead atoms. The minimum absolute atomic E-state index is 0.465. The monoisotopic (exact) mass is 222 g/mol. The molecule has 0 unspecified atom stereocenters. The van der Waals surface area contributed by atoms with Crippen molar-refractivity contribution in [3.05, 3.63) is 33.3 Å². The van der Waals surface area contributed by atoms with E-state index < -0.39 is 6.67 Å². The average molecular weight is 223 g/mol. The summed E-state index contributed by atoms with van der Waals surface area (Å²) in [6, 6.07) is 5.03. The van der Waals surface area contributed by atoms with Crippen LogP contribution in [0.5, 0.6) is 0 Å². The molecule has 0 N–H and O–H groups in total. The Morgan fingerprint density at radius 1 is 1.50 bits per heavy atom. The Morgan fingerprint density at radius 2 is 2.20 bits per heavy atom. The third-order valence-corrected chi connectivity index (χ3v) is 2.37. The number of benzene rings is 1. The molecule has 0 radical (unpaired) electrons. The van der Waals surface area contributed by atoms with Gasteiger partial charge >= 0.3 is 0 Å². The second kappa shape index (κ2) is 3.35. The summed E-state index contributed by atoms with van der Waals surface area (Å²) in [6.45, 7) is -0.465. The first-order valence-electron chi connectivity index (χ1n) is 2.74. The second-order valence-electron chi connectivity index (χ2n) is 1.88. The lowest BCUT2D eigenvalue weighted by Crippen LogP contribution is -1.77. The lowest BCUT2D eigenvalue weighted by molar-refractivity contribution is 0.485. The van der Waals surface area contributed by atoms with E-state index in [4.69, 9.17) is 11.6 Å². The SMILES string of the molecule is FCc1ccc(Br)c(Cl)c1. The molecule has 3 heteroatoms. The molecular weight excluding hydrogens is 218 g/mol. The highest BCUT2D eigenvalue weighted by Crippen LogP contribution is 2.23. The maximum atomic E-state index is 12.0. The van der Waals surface area contributed by atoms with E-state index >= 15 is 0 Å². The standard InChI is InChI=1S/C7H5BrClF/c8-6-2-1-5(4-10)3-7(6)9/h1-3H,4H2. The minimum atomic E-state index is -0.465. The topological polar surface area (TPSA) is 0 Å². The Balaban J connectivity index is 3.04. The number of hydrogen-bond acceptors (Lipinski definition) is 0. The molecule has 54 valence electrons. The Kier molecular flexibility index (Phi) is 2.69. The van der Waals surface area contributed by atoms with Crippen LogP contribution in [0.3, 0.4) is 0 Å². The van der Waals surface area contributed by atoms with Gasteiger partial charge in [-0.05, 0) is 33.6 Å². The van der Waals surface area contributed by atoms with E-state index in [2.05, 4.69) is 15.9 Å². The Bertz CT molecular complexity index is 237. The number of halogens is 3. The fourth-order valence-corrected chi connectivity index (χ4v) is 1.07. The van der Waals surface area contributed by atoms with Gasteiger partial charge in [0.05, 0.1) is 5.02 Å².